The van der Waals surface area contributed by atoms with E-state index in [1.54, 1.807) is 14.2 Å². The number of rotatable bonds is 6. The maximum Gasteiger partial charge on any atom is 0.216 e. The number of aromatic nitrogens is 1. The molecule has 0 aliphatic rings. The van der Waals surface area contributed by atoms with Gasteiger partial charge in [0.05, 0.1) is 25.3 Å². The quantitative estimate of drug-likeness (QED) is 0.707. The second kappa shape index (κ2) is 6.83. The molecule has 24 heavy (non-hydrogen) atoms. The molecule has 0 spiro atoms. The van der Waals surface area contributed by atoms with Gasteiger partial charge in [0.1, 0.15) is 11.5 Å². The van der Waals surface area contributed by atoms with Crippen LogP contribution in [0.5, 0.6) is 11.5 Å². The van der Waals surface area contributed by atoms with Gasteiger partial charge in [0, 0.05) is 42.9 Å². The van der Waals surface area contributed by atoms with Gasteiger partial charge in [0.15, 0.2) is 0 Å². The Morgan fingerprint density at radius 3 is 2.00 bits per heavy atom. The fourth-order valence-corrected chi connectivity index (χ4v) is 3.05. The molecule has 1 aromatic heterocycles. The molecule has 0 atom stereocenters. The van der Waals surface area contributed by atoms with Gasteiger partial charge < -0.3 is 19.4 Å². The third kappa shape index (κ3) is 3.02. The van der Waals surface area contributed by atoms with E-state index in [1.165, 1.54) is 17.7 Å². The SMILES string of the molecule is COc1ccc2c3ccc(OC)cc3n(CCCNC(C)=O)c2c1. The molecule has 1 amide bonds. The number of carbonyl (C=O) groups excluding carboxylic acids is 1. The predicted octanol–water partition coefficient (Wildman–Crippen LogP) is 3.34. The van der Waals surface area contributed by atoms with Crippen LogP contribution in [0.1, 0.15) is 13.3 Å². The Hall–Kier alpha value is -2.69. The zero-order chi connectivity index (χ0) is 17.1. The monoisotopic (exact) mass is 326 g/mol. The first-order valence-electron chi connectivity index (χ1n) is 8.02. The van der Waals surface area contributed by atoms with E-state index in [-0.39, 0.29) is 5.91 Å². The molecule has 1 N–H and O–H groups in total. The molecular weight excluding hydrogens is 304 g/mol. The number of aryl methyl sites for hydroxylation is 1. The third-order valence-corrected chi connectivity index (χ3v) is 4.21. The van der Waals surface area contributed by atoms with E-state index in [0.717, 1.165) is 35.5 Å². The summed E-state index contributed by atoms with van der Waals surface area (Å²) >= 11 is 0. The summed E-state index contributed by atoms with van der Waals surface area (Å²) in [6, 6.07) is 12.3. The number of hydrogen-bond acceptors (Lipinski definition) is 3. The molecule has 126 valence electrons. The van der Waals surface area contributed by atoms with Crippen LogP contribution in [-0.2, 0) is 11.3 Å². The number of ether oxygens (including phenoxy) is 2. The van der Waals surface area contributed by atoms with Crippen LogP contribution in [0, 0.1) is 0 Å². The van der Waals surface area contributed by atoms with Gasteiger partial charge >= 0.3 is 0 Å². The van der Waals surface area contributed by atoms with Crippen LogP contribution in [-0.4, -0.2) is 31.2 Å². The molecule has 0 saturated carbocycles. The average molecular weight is 326 g/mol. The lowest BCUT2D eigenvalue weighted by atomic mass is 10.1. The van der Waals surface area contributed by atoms with Crippen molar-refractivity contribution in [2.24, 2.45) is 0 Å². The van der Waals surface area contributed by atoms with E-state index in [1.807, 2.05) is 12.1 Å². The Morgan fingerprint density at radius 2 is 1.54 bits per heavy atom. The van der Waals surface area contributed by atoms with Gasteiger partial charge in [-0.05, 0) is 30.7 Å². The van der Waals surface area contributed by atoms with Gasteiger partial charge in [0.25, 0.3) is 0 Å². The second-order valence-corrected chi connectivity index (χ2v) is 5.75. The molecule has 0 fully saturated rings. The van der Waals surface area contributed by atoms with Crippen molar-refractivity contribution in [1.29, 1.82) is 0 Å². The van der Waals surface area contributed by atoms with Crippen LogP contribution >= 0.6 is 0 Å². The molecule has 0 radical (unpaired) electrons. The molecule has 0 aliphatic carbocycles. The summed E-state index contributed by atoms with van der Waals surface area (Å²) in [6.07, 6.45) is 0.854. The molecule has 0 unspecified atom stereocenters. The fraction of sp³-hybridized carbons (Fsp3) is 0.316. The van der Waals surface area contributed by atoms with Gasteiger partial charge in [-0.3, -0.25) is 4.79 Å². The first-order valence-corrected chi connectivity index (χ1v) is 8.02. The van der Waals surface area contributed by atoms with E-state index in [9.17, 15) is 4.79 Å². The molecule has 2 aromatic carbocycles. The molecule has 5 nitrogen and oxygen atoms in total. The highest BCUT2D eigenvalue weighted by Gasteiger charge is 2.12. The summed E-state index contributed by atoms with van der Waals surface area (Å²) in [5.74, 6) is 1.67. The Morgan fingerprint density at radius 1 is 1.00 bits per heavy atom. The molecule has 0 aliphatic heterocycles. The summed E-state index contributed by atoms with van der Waals surface area (Å²) in [7, 11) is 3.35. The van der Waals surface area contributed by atoms with Crippen molar-refractivity contribution in [3.63, 3.8) is 0 Å². The van der Waals surface area contributed by atoms with Gasteiger partial charge in [0.2, 0.25) is 5.91 Å². The van der Waals surface area contributed by atoms with Crippen LogP contribution in [0.3, 0.4) is 0 Å². The number of amides is 1. The van der Waals surface area contributed by atoms with Crippen LogP contribution < -0.4 is 14.8 Å². The molecule has 3 rings (SSSR count). The van der Waals surface area contributed by atoms with Gasteiger partial charge in [-0.15, -0.1) is 0 Å². The molecule has 1 heterocycles. The van der Waals surface area contributed by atoms with Gasteiger partial charge in [-0.25, -0.2) is 0 Å². The van der Waals surface area contributed by atoms with Crippen LogP contribution in [0.4, 0.5) is 0 Å². The van der Waals surface area contributed by atoms with Crippen molar-refractivity contribution < 1.29 is 14.3 Å². The Bertz CT molecular complexity index is 822. The van der Waals surface area contributed by atoms with Crippen LogP contribution in [0.2, 0.25) is 0 Å². The largest absolute Gasteiger partial charge is 0.497 e. The Labute approximate surface area is 141 Å². The predicted molar refractivity (Wildman–Crippen MR) is 95.8 cm³/mol. The number of nitrogens with one attached hydrogen (secondary N) is 1. The van der Waals surface area contributed by atoms with Crippen molar-refractivity contribution in [3.8, 4) is 11.5 Å². The van der Waals surface area contributed by atoms with Crippen molar-refractivity contribution in [3.05, 3.63) is 36.4 Å². The van der Waals surface area contributed by atoms with E-state index < -0.39 is 0 Å². The highest BCUT2D eigenvalue weighted by molar-refractivity contribution is 6.08. The first-order chi connectivity index (χ1) is 11.6. The van der Waals surface area contributed by atoms with Crippen LogP contribution in [0.25, 0.3) is 21.8 Å². The third-order valence-electron chi connectivity index (χ3n) is 4.21. The minimum Gasteiger partial charge on any atom is -0.497 e. The fourth-order valence-electron chi connectivity index (χ4n) is 3.05. The second-order valence-electron chi connectivity index (χ2n) is 5.75. The minimum atomic E-state index is 0.000519. The number of nitrogens with zero attached hydrogens (tertiary/aromatic N) is 1. The summed E-state index contributed by atoms with van der Waals surface area (Å²) in [4.78, 5) is 11.0. The van der Waals surface area contributed by atoms with Crippen LogP contribution in [0.15, 0.2) is 36.4 Å². The van der Waals surface area contributed by atoms with Crippen molar-refractivity contribution in [2.45, 2.75) is 19.9 Å². The van der Waals surface area contributed by atoms with Crippen molar-refractivity contribution in [2.75, 3.05) is 20.8 Å². The number of fused-ring (bicyclic) bond motifs is 3. The minimum absolute atomic E-state index is 0.000519. The standard InChI is InChI=1S/C19H22N2O3/c1-13(22)20-9-4-10-21-18-11-14(23-2)5-7-16(18)17-8-6-15(24-3)12-19(17)21/h5-8,11-12H,4,9-10H2,1-3H3,(H,20,22). The van der Waals surface area contributed by atoms with E-state index in [2.05, 4.69) is 34.1 Å². The number of carbonyl (C=O) groups is 1. The van der Waals surface area contributed by atoms with Crippen molar-refractivity contribution in [1.82, 2.24) is 9.88 Å². The zero-order valence-corrected chi connectivity index (χ0v) is 14.3. The highest BCUT2D eigenvalue weighted by atomic mass is 16.5. The molecular formula is C19H22N2O3. The zero-order valence-electron chi connectivity index (χ0n) is 14.3. The smallest absolute Gasteiger partial charge is 0.216 e. The van der Waals surface area contributed by atoms with Crippen molar-refractivity contribution >= 4 is 27.7 Å². The Balaban J connectivity index is 2.07. The normalized spacial score (nSPS) is 11.0. The first kappa shape index (κ1) is 16.2. The van der Waals surface area contributed by atoms with Gasteiger partial charge in [-0.1, -0.05) is 0 Å². The van der Waals surface area contributed by atoms with Gasteiger partial charge in [-0.2, -0.15) is 0 Å². The molecule has 3 aromatic rings. The Kier molecular flexibility index (Phi) is 4.60. The number of methoxy groups -OCH3 is 2. The van der Waals surface area contributed by atoms with E-state index in [0.29, 0.717) is 6.54 Å². The average Bonchev–Trinajstić information content (AvgIpc) is 2.90. The number of benzene rings is 2. The topological polar surface area (TPSA) is 52.5 Å². The lowest BCUT2D eigenvalue weighted by Crippen LogP contribution is -2.21. The maximum atomic E-state index is 11.0. The summed E-state index contributed by atoms with van der Waals surface area (Å²) in [6.45, 7) is 3.00. The maximum absolute atomic E-state index is 11.0. The molecule has 0 saturated heterocycles. The summed E-state index contributed by atoms with van der Waals surface area (Å²) in [5, 5.41) is 5.22. The summed E-state index contributed by atoms with van der Waals surface area (Å²) in [5.41, 5.74) is 2.25. The highest BCUT2D eigenvalue weighted by Crippen LogP contribution is 2.33. The summed E-state index contributed by atoms with van der Waals surface area (Å²) < 4.78 is 13.0. The van der Waals surface area contributed by atoms with E-state index in [4.69, 9.17) is 9.47 Å². The van der Waals surface area contributed by atoms with E-state index >= 15 is 0 Å². The molecule has 5 heteroatoms. The number of hydrogen-bond donors (Lipinski definition) is 1. The molecule has 0 bridgehead atoms. The lowest BCUT2D eigenvalue weighted by Gasteiger charge is -2.09. The lowest BCUT2D eigenvalue weighted by molar-refractivity contribution is -0.118.